The monoisotopic (exact) mass is 306 g/mol. The van der Waals surface area contributed by atoms with E-state index >= 15 is 0 Å². The van der Waals surface area contributed by atoms with Crippen molar-refractivity contribution in [3.8, 4) is 0 Å². The molecule has 0 aromatic heterocycles. The third-order valence-corrected chi connectivity index (χ3v) is 5.97. The van der Waals surface area contributed by atoms with E-state index in [9.17, 15) is 16.8 Å². The Morgan fingerprint density at radius 1 is 1.16 bits per heavy atom. The maximum absolute atomic E-state index is 11.4. The van der Waals surface area contributed by atoms with Gasteiger partial charge in [0.2, 0.25) is 10.0 Å². The van der Waals surface area contributed by atoms with Gasteiger partial charge in [0.05, 0.1) is 0 Å². The largest absolute Gasteiger partial charge is 0.324 e. The molecule has 1 aromatic carbocycles. The quantitative estimate of drug-likeness (QED) is 0.737. The van der Waals surface area contributed by atoms with Crippen LogP contribution in [0.15, 0.2) is 30.3 Å². The molecule has 19 heavy (non-hydrogen) atoms. The van der Waals surface area contributed by atoms with Crippen LogP contribution < -0.4 is 10.5 Å². The van der Waals surface area contributed by atoms with E-state index in [1.54, 1.807) is 0 Å². The first kappa shape index (κ1) is 16.1. The highest BCUT2D eigenvalue weighted by molar-refractivity contribution is 8.06. The van der Waals surface area contributed by atoms with Crippen molar-refractivity contribution in [3.05, 3.63) is 35.9 Å². The SMILES string of the molecule is CS(=O)(=O)CS(=O)(=O)NCCC(N)c1ccccc1. The average molecular weight is 306 g/mol. The molecular weight excluding hydrogens is 288 g/mol. The summed E-state index contributed by atoms with van der Waals surface area (Å²) < 4.78 is 46.9. The van der Waals surface area contributed by atoms with Crippen LogP contribution in [0.1, 0.15) is 18.0 Å². The Labute approximate surface area is 114 Å². The van der Waals surface area contributed by atoms with Gasteiger partial charge in [-0.15, -0.1) is 0 Å². The van der Waals surface area contributed by atoms with Gasteiger partial charge in [0, 0.05) is 18.8 Å². The fourth-order valence-electron chi connectivity index (χ4n) is 1.56. The van der Waals surface area contributed by atoms with Crippen LogP contribution in [-0.4, -0.2) is 34.7 Å². The van der Waals surface area contributed by atoms with E-state index in [1.807, 2.05) is 30.3 Å². The van der Waals surface area contributed by atoms with Crippen molar-refractivity contribution in [2.45, 2.75) is 12.5 Å². The number of nitrogens with one attached hydrogen (secondary N) is 1. The van der Waals surface area contributed by atoms with Crippen molar-refractivity contribution in [2.24, 2.45) is 5.73 Å². The minimum atomic E-state index is -3.81. The first-order valence-electron chi connectivity index (χ1n) is 5.65. The maximum Gasteiger partial charge on any atom is 0.226 e. The molecule has 1 aromatic rings. The third kappa shape index (κ3) is 6.67. The van der Waals surface area contributed by atoms with Crippen molar-refractivity contribution < 1.29 is 16.8 Å². The van der Waals surface area contributed by atoms with Gasteiger partial charge < -0.3 is 5.73 Å². The number of nitrogens with two attached hydrogens (primary N) is 1. The van der Waals surface area contributed by atoms with Gasteiger partial charge >= 0.3 is 0 Å². The van der Waals surface area contributed by atoms with Crippen LogP contribution in [0.4, 0.5) is 0 Å². The van der Waals surface area contributed by atoms with Crippen LogP contribution in [-0.2, 0) is 19.9 Å². The van der Waals surface area contributed by atoms with Crippen molar-refractivity contribution in [2.75, 3.05) is 17.9 Å². The second-order valence-electron chi connectivity index (χ2n) is 4.36. The molecule has 0 amide bonds. The lowest BCUT2D eigenvalue weighted by Gasteiger charge is -2.12. The Kier molecular flexibility index (Phi) is 5.48. The number of hydrogen-bond acceptors (Lipinski definition) is 5. The Bertz CT molecular complexity index is 597. The molecular formula is C11H18N2O4S2. The second-order valence-corrected chi connectivity index (χ2v) is 8.67. The number of benzene rings is 1. The number of hydrogen-bond donors (Lipinski definition) is 2. The normalized spacial score (nSPS) is 14.2. The van der Waals surface area contributed by atoms with E-state index in [4.69, 9.17) is 5.73 Å². The molecule has 1 unspecified atom stereocenters. The maximum atomic E-state index is 11.4. The minimum Gasteiger partial charge on any atom is -0.324 e. The first-order valence-corrected chi connectivity index (χ1v) is 9.36. The predicted octanol–water partition coefficient (Wildman–Crippen LogP) is -0.00200. The van der Waals surface area contributed by atoms with Crippen molar-refractivity contribution in [3.63, 3.8) is 0 Å². The third-order valence-electron chi connectivity index (χ3n) is 2.37. The molecule has 0 aliphatic rings. The van der Waals surface area contributed by atoms with Gasteiger partial charge in [-0.05, 0) is 12.0 Å². The Hall–Kier alpha value is -0.960. The van der Waals surface area contributed by atoms with E-state index in [1.165, 1.54) is 0 Å². The summed E-state index contributed by atoms with van der Waals surface area (Å²) >= 11 is 0. The van der Waals surface area contributed by atoms with Gasteiger partial charge in [0.25, 0.3) is 0 Å². The molecule has 0 spiro atoms. The zero-order valence-corrected chi connectivity index (χ0v) is 12.2. The molecule has 108 valence electrons. The lowest BCUT2D eigenvalue weighted by molar-refractivity contribution is 0.570. The number of sulfonamides is 1. The molecule has 6 nitrogen and oxygen atoms in total. The molecule has 0 fully saturated rings. The molecule has 0 radical (unpaired) electrons. The lowest BCUT2D eigenvalue weighted by atomic mass is 10.1. The summed E-state index contributed by atoms with van der Waals surface area (Å²) in [5.74, 6) is 0. The molecule has 0 aliphatic heterocycles. The summed E-state index contributed by atoms with van der Waals surface area (Å²) in [6, 6.07) is 8.99. The smallest absolute Gasteiger partial charge is 0.226 e. The second kappa shape index (κ2) is 6.47. The van der Waals surface area contributed by atoms with Gasteiger partial charge in [0.1, 0.15) is 0 Å². The van der Waals surface area contributed by atoms with E-state index in [0.717, 1.165) is 11.8 Å². The molecule has 0 saturated heterocycles. The molecule has 8 heteroatoms. The molecule has 0 heterocycles. The minimum absolute atomic E-state index is 0.105. The van der Waals surface area contributed by atoms with Crippen molar-refractivity contribution >= 4 is 19.9 Å². The Morgan fingerprint density at radius 2 is 1.74 bits per heavy atom. The topological polar surface area (TPSA) is 106 Å². The highest BCUT2D eigenvalue weighted by Gasteiger charge is 2.17. The van der Waals surface area contributed by atoms with Crippen LogP contribution in [0.5, 0.6) is 0 Å². The van der Waals surface area contributed by atoms with Crippen LogP contribution in [0.3, 0.4) is 0 Å². The molecule has 0 bridgehead atoms. The highest BCUT2D eigenvalue weighted by atomic mass is 32.3. The van der Waals surface area contributed by atoms with Crippen molar-refractivity contribution in [1.82, 2.24) is 4.72 Å². The van der Waals surface area contributed by atoms with Crippen LogP contribution in [0, 0.1) is 0 Å². The van der Waals surface area contributed by atoms with E-state index in [0.29, 0.717) is 6.42 Å². The predicted molar refractivity (Wildman–Crippen MR) is 74.6 cm³/mol. The zero-order chi connectivity index (χ0) is 14.5. The zero-order valence-electron chi connectivity index (χ0n) is 10.6. The van der Waals surface area contributed by atoms with Gasteiger partial charge in [0.15, 0.2) is 14.9 Å². The Balaban J connectivity index is 2.47. The summed E-state index contributed by atoms with van der Waals surface area (Å²) in [4.78, 5) is 0. The molecule has 3 N–H and O–H groups in total. The van der Waals surface area contributed by atoms with Gasteiger partial charge in [-0.3, -0.25) is 0 Å². The molecule has 0 saturated carbocycles. The Morgan fingerprint density at radius 3 is 2.26 bits per heavy atom. The molecule has 0 aliphatic carbocycles. The van der Waals surface area contributed by atoms with E-state index in [-0.39, 0.29) is 12.6 Å². The molecule has 1 atom stereocenters. The lowest BCUT2D eigenvalue weighted by Crippen LogP contribution is -2.31. The van der Waals surface area contributed by atoms with Crippen LogP contribution in [0.25, 0.3) is 0 Å². The van der Waals surface area contributed by atoms with Crippen molar-refractivity contribution in [1.29, 1.82) is 0 Å². The summed E-state index contributed by atoms with van der Waals surface area (Å²) in [5, 5.41) is -0.902. The first-order chi connectivity index (χ1) is 8.70. The summed E-state index contributed by atoms with van der Waals surface area (Å²) in [7, 11) is -7.38. The summed E-state index contributed by atoms with van der Waals surface area (Å²) in [6.45, 7) is 0.105. The van der Waals surface area contributed by atoms with E-state index in [2.05, 4.69) is 4.72 Å². The standard InChI is InChI=1S/C11H18N2O4S2/c1-18(14,15)9-19(16,17)13-8-7-11(12)10-5-3-2-4-6-10/h2-6,11,13H,7-9,12H2,1H3. The van der Waals surface area contributed by atoms with Crippen LogP contribution in [0.2, 0.25) is 0 Å². The van der Waals surface area contributed by atoms with E-state index < -0.39 is 24.9 Å². The average Bonchev–Trinajstić information content (AvgIpc) is 2.26. The van der Waals surface area contributed by atoms with Gasteiger partial charge in [-0.25, -0.2) is 21.6 Å². The summed E-state index contributed by atoms with van der Waals surface area (Å²) in [5.41, 5.74) is 6.81. The summed E-state index contributed by atoms with van der Waals surface area (Å²) in [6.07, 6.45) is 1.27. The fraction of sp³-hybridized carbons (Fsp3) is 0.455. The molecule has 1 rings (SSSR count). The highest BCUT2D eigenvalue weighted by Crippen LogP contribution is 2.12. The van der Waals surface area contributed by atoms with Gasteiger partial charge in [-0.2, -0.15) is 0 Å². The number of rotatable bonds is 7. The van der Waals surface area contributed by atoms with Crippen LogP contribution >= 0.6 is 0 Å². The number of sulfone groups is 1. The fourth-order valence-corrected chi connectivity index (χ4v) is 4.58. The van der Waals surface area contributed by atoms with Gasteiger partial charge in [-0.1, -0.05) is 30.3 Å².